The Morgan fingerprint density at radius 1 is 1.03 bits per heavy atom. The number of benzene rings is 2. The average molecular weight is 414 g/mol. The van der Waals surface area contributed by atoms with E-state index in [9.17, 15) is 9.59 Å². The van der Waals surface area contributed by atoms with Crippen molar-refractivity contribution in [2.24, 2.45) is 0 Å². The van der Waals surface area contributed by atoms with Crippen molar-refractivity contribution in [1.29, 1.82) is 0 Å². The Morgan fingerprint density at radius 2 is 1.76 bits per heavy atom. The van der Waals surface area contributed by atoms with E-state index in [1.54, 1.807) is 55.5 Å². The molecule has 0 bridgehead atoms. The molecule has 150 valence electrons. The molecule has 7 heteroatoms. The zero-order valence-corrected chi connectivity index (χ0v) is 17.2. The summed E-state index contributed by atoms with van der Waals surface area (Å²) in [5.41, 5.74) is 2.13. The third kappa shape index (κ3) is 3.84. The predicted molar refractivity (Wildman–Crippen MR) is 111 cm³/mol. The molecule has 0 atom stereocenters. The summed E-state index contributed by atoms with van der Waals surface area (Å²) in [5, 5.41) is 0.530. The van der Waals surface area contributed by atoms with Crippen LogP contribution < -0.4 is 14.4 Å². The minimum atomic E-state index is -0.591. The van der Waals surface area contributed by atoms with Gasteiger partial charge in [0.05, 0.1) is 38.2 Å². The van der Waals surface area contributed by atoms with Crippen molar-refractivity contribution < 1.29 is 23.8 Å². The quantitative estimate of drug-likeness (QED) is 0.542. The van der Waals surface area contributed by atoms with Crippen LogP contribution in [0.15, 0.2) is 59.3 Å². The molecule has 0 saturated carbocycles. The zero-order chi connectivity index (χ0) is 21.1. The number of carbonyl (C=O) groups excluding carboxylic acids is 2. The number of rotatable bonds is 5. The molecule has 0 fully saturated rings. The Bertz CT molecular complexity index is 1040. The first-order chi connectivity index (χ1) is 13.9. The Kier molecular flexibility index (Phi) is 5.94. The van der Waals surface area contributed by atoms with Crippen molar-refractivity contribution in [2.75, 3.05) is 26.2 Å². The highest BCUT2D eigenvalue weighted by Crippen LogP contribution is 2.39. The van der Waals surface area contributed by atoms with Crippen LogP contribution in [0.5, 0.6) is 11.5 Å². The second-order valence-electron chi connectivity index (χ2n) is 6.24. The monoisotopic (exact) mass is 413 g/mol. The molecule has 1 aliphatic rings. The number of allylic oxidation sites excluding steroid dienone is 1. The van der Waals surface area contributed by atoms with Crippen LogP contribution in [0.4, 0.5) is 5.69 Å². The van der Waals surface area contributed by atoms with E-state index in [2.05, 4.69) is 0 Å². The second-order valence-corrected chi connectivity index (χ2v) is 6.68. The van der Waals surface area contributed by atoms with Crippen LogP contribution in [0.1, 0.15) is 12.5 Å². The van der Waals surface area contributed by atoms with Gasteiger partial charge in [0.25, 0.3) is 5.91 Å². The van der Waals surface area contributed by atoms with E-state index in [0.717, 1.165) is 0 Å². The SMILES string of the molecule is COC(=O)C1=C(C)N(c2ccc(OC)c(OC)c2)C(=O)/C1=C\c1cccc(Cl)c1. The lowest BCUT2D eigenvalue weighted by atomic mass is 10.0. The standard InChI is InChI=1S/C22H20ClNO5/c1-13-20(22(26)29-4)17(11-14-6-5-7-15(23)10-14)21(25)24(13)16-8-9-18(27-2)19(12-16)28-3/h5-12H,1-4H3/b17-11-. The van der Waals surface area contributed by atoms with E-state index in [0.29, 0.717) is 33.5 Å². The summed E-state index contributed by atoms with van der Waals surface area (Å²) < 4.78 is 15.5. The van der Waals surface area contributed by atoms with Crippen LogP contribution in [0, 0.1) is 0 Å². The van der Waals surface area contributed by atoms with Crippen molar-refractivity contribution in [2.45, 2.75) is 6.92 Å². The maximum absolute atomic E-state index is 13.3. The van der Waals surface area contributed by atoms with E-state index in [1.807, 2.05) is 0 Å². The lowest BCUT2D eigenvalue weighted by Gasteiger charge is -2.19. The largest absolute Gasteiger partial charge is 0.493 e. The van der Waals surface area contributed by atoms with Gasteiger partial charge in [-0.1, -0.05) is 23.7 Å². The molecule has 0 N–H and O–H groups in total. The topological polar surface area (TPSA) is 65.1 Å². The summed E-state index contributed by atoms with van der Waals surface area (Å²) >= 11 is 6.05. The first-order valence-electron chi connectivity index (χ1n) is 8.74. The van der Waals surface area contributed by atoms with Gasteiger partial charge in [-0.25, -0.2) is 4.79 Å². The summed E-state index contributed by atoms with van der Waals surface area (Å²) in [6.45, 7) is 1.69. The fourth-order valence-corrected chi connectivity index (χ4v) is 3.42. The molecular weight excluding hydrogens is 394 g/mol. The summed E-state index contributed by atoms with van der Waals surface area (Å²) in [6, 6.07) is 12.1. The van der Waals surface area contributed by atoms with Gasteiger partial charge in [-0.2, -0.15) is 0 Å². The molecule has 0 unspecified atom stereocenters. The van der Waals surface area contributed by atoms with Crippen LogP contribution in [0.2, 0.25) is 5.02 Å². The lowest BCUT2D eigenvalue weighted by Crippen LogP contribution is -2.24. The molecule has 1 heterocycles. The molecule has 1 amide bonds. The van der Waals surface area contributed by atoms with Crippen molar-refractivity contribution in [3.05, 3.63) is 69.9 Å². The van der Waals surface area contributed by atoms with Gasteiger partial charge >= 0.3 is 5.97 Å². The van der Waals surface area contributed by atoms with Gasteiger partial charge in [0.15, 0.2) is 11.5 Å². The number of carbonyl (C=O) groups is 2. The number of anilines is 1. The number of halogens is 1. The predicted octanol–water partition coefficient (Wildman–Crippen LogP) is 4.23. The van der Waals surface area contributed by atoms with E-state index in [1.165, 1.54) is 26.2 Å². The van der Waals surface area contributed by atoms with Crippen molar-refractivity contribution >= 4 is 35.2 Å². The van der Waals surface area contributed by atoms with Gasteiger partial charge in [-0.05, 0) is 42.8 Å². The Balaban J connectivity index is 2.14. The maximum atomic E-state index is 13.3. The van der Waals surface area contributed by atoms with Crippen LogP contribution in [-0.4, -0.2) is 33.2 Å². The fraction of sp³-hybridized carbons (Fsp3) is 0.182. The first-order valence-corrected chi connectivity index (χ1v) is 9.12. The second kappa shape index (κ2) is 8.41. The Labute approximate surface area is 173 Å². The number of methoxy groups -OCH3 is 3. The molecule has 6 nitrogen and oxygen atoms in total. The van der Waals surface area contributed by atoms with E-state index in [-0.39, 0.29) is 17.1 Å². The van der Waals surface area contributed by atoms with Gasteiger partial charge in [0.1, 0.15) is 0 Å². The van der Waals surface area contributed by atoms with Crippen LogP contribution >= 0.6 is 11.6 Å². The number of nitrogens with zero attached hydrogens (tertiary/aromatic N) is 1. The molecule has 0 spiro atoms. The van der Waals surface area contributed by atoms with E-state index >= 15 is 0 Å². The highest BCUT2D eigenvalue weighted by atomic mass is 35.5. The first kappa shape index (κ1) is 20.5. The van der Waals surface area contributed by atoms with Gasteiger partial charge in [0, 0.05) is 16.8 Å². The number of esters is 1. The van der Waals surface area contributed by atoms with Crippen LogP contribution in [0.3, 0.4) is 0 Å². The van der Waals surface area contributed by atoms with Gasteiger partial charge in [-0.3, -0.25) is 9.69 Å². The molecule has 2 aromatic carbocycles. The summed E-state index contributed by atoms with van der Waals surface area (Å²) in [5.74, 6) is 0.0621. The zero-order valence-electron chi connectivity index (χ0n) is 16.5. The Hall–Kier alpha value is -3.25. The van der Waals surface area contributed by atoms with Gasteiger partial charge < -0.3 is 14.2 Å². The molecule has 0 aliphatic carbocycles. The van der Waals surface area contributed by atoms with E-state index in [4.69, 9.17) is 25.8 Å². The normalized spacial score (nSPS) is 15.1. The molecule has 0 radical (unpaired) electrons. The third-order valence-corrected chi connectivity index (χ3v) is 4.81. The molecular formula is C22H20ClNO5. The minimum Gasteiger partial charge on any atom is -0.493 e. The molecule has 0 aromatic heterocycles. The van der Waals surface area contributed by atoms with E-state index < -0.39 is 5.97 Å². The third-order valence-electron chi connectivity index (χ3n) is 4.57. The smallest absolute Gasteiger partial charge is 0.340 e. The molecule has 0 saturated heterocycles. The van der Waals surface area contributed by atoms with Crippen molar-refractivity contribution in [3.63, 3.8) is 0 Å². The van der Waals surface area contributed by atoms with Crippen LogP contribution in [0.25, 0.3) is 6.08 Å². The Morgan fingerprint density at radius 3 is 2.38 bits per heavy atom. The fourth-order valence-electron chi connectivity index (χ4n) is 3.22. The van der Waals surface area contributed by atoms with Crippen molar-refractivity contribution in [3.8, 4) is 11.5 Å². The summed E-state index contributed by atoms with van der Waals surface area (Å²) in [7, 11) is 4.33. The number of amides is 1. The maximum Gasteiger partial charge on any atom is 0.340 e. The van der Waals surface area contributed by atoms with Gasteiger partial charge in [-0.15, -0.1) is 0 Å². The number of hydrogen-bond acceptors (Lipinski definition) is 5. The molecule has 1 aliphatic heterocycles. The summed E-state index contributed by atoms with van der Waals surface area (Å²) in [4.78, 5) is 27.2. The highest BCUT2D eigenvalue weighted by Gasteiger charge is 2.38. The number of hydrogen-bond donors (Lipinski definition) is 0. The molecule has 2 aromatic rings. The van der Waals surface area contributed by atoms with Crippen LogP contribution in [-0.2, 0) is 14.3 Å². The molecule has 29 heavy (non-hydrogen) atoms. The summed E-state index contributed by atoms with van der Waals surface area (Å²) in [6.07, 6.45) is 1.63. The van der Waals surface area contributed by atoms with Crippen molar-refractivity contribution in [1.82, 2.24) is 0 Å². The lowest BCUT2D eigenvalue weighted by molar-refractivity contribution is -0.136. The number of ether oxygens (including phenoxy) is 3. The average Bonchev–Trinajstić information content (AvgIpc) is 2.96. The highest BCUT2D eigenvalue weighted by molar-refractivity contribution is 6.30. The minimum absolute atomic E-state index is 0.201. The van der Waals surface area contributed by atoms with Gasteiger partial charge in [0.2, 0.25) is 0 Å². The molecule has 3 rings (SSSR count).